The number of imidazole rings is 1. The molecule has 1 fully saturated rings. The molecule has 1 amide bonds. The Morgan fingerprint density at radius 3 is 2.70 bits per heavy atom. The average molecular weight is 406 g/mol. The van der Waals surface area contributed by atoms with E-state index >= 15 is 0 Å². The van der Waals surface area contributed by atoms with Crippen LogP contribution in [0.15, 0.2) is 42.5 Å². The van der Waals surface area contributed by atoms with Gasteiger partial charge in [-0.3, -0.25) is 14.6 Å². The van der Waals surface area contributed by atoms with Gasteiger partial charge in [0.2, 0.25) is 5.91 Å². The summed E-state index contributed by atoms with van der Waals surface area (Å²) < 4.78 is 5.29. The summed E-state index contributed by atoms with van der Waals surface area (Å²) in [6, 6.07) is 14.1. The number of fused-ring (bicyclic) bond motifs is 2. The number of H-pyrrole nitrogens is 1. The standard InChI is InChI=1S/C23H27N5O2/c1-30-18-6-7-19-20(14-18)25-22(24-19)15-26-10-12-27(13-11-26)16-23(29)28-9-8-17-4-2-3-5-21(17)28/h2-7,14H,8-13,15-16H2,1H3,(H,24,25). The molecule has 3 aromatic rings. The minimum Gasteiger partial charge on any atom is -0.497 e. The highest BCUT2D eigenvalue weighted by molar-refractivity contribution is 5.96. The average Bonchev–Trinajstić information content (AvgIpc) is 3.38. The van der Waals surface area contributed by atoms with Crippen molar-refractivity contribution < 1.29 is 9.53 Å². The molecule has 7 nitrogen and oxygen atoms in total. The molecule has 2 aliphatic rings. The summed E-state index contributed by atoms with van der Waals surface area (Å²) in [5.74, 6) is 2.01. The van der Waals surface area contributed by atoms with Crippen molar-refractivity contribution in [3.8, 4) is 5.75 Å². The third-order valence-corrected chi connectivity index (χ3v) is 6.12. The Bertz CT molecular complexity index is 1050. The number of para-hydroxylation sites is 1. The maximum Gasteiger partial charge on any atom is 0.241 e. The maximum atomic E-state index is 12.8. The second-order valence-electron chi connectivity index (χ2n) is 8.04. The topological polar surface area (TPSA) is 64.7 Å². The van der Waals surface area contributed by atoms with Crippen LogP contribution >= 0.6 is 0 Å². The molecule has 1 saturated heterocycles. The van der Waals surface area contributed by atoms with Crippen LogP contribution < -0.4 is 9.64 Å². The molecule has 5 rings (SSSR count). The smallest absolute Gasteiger partial charge is 0.241 e. The lowest BCUT2D eigenvalue weighted by molar-refractivity contribution is -0.120. The predicted octanol–water partition coefficient (Wildman–Crippen LogP) is 2.28. The van der Waals surface area contributed by atoms with E-state index in [1.165, 1.54) is 5.56 Å². The number of benzene rings is 2. The highest BCUT2D eigenvalue weighted by atomic mass is 16.5. The van der Waals surface area contributed by atoms with Crippen LogP contribution in [0.1, 0.15) is 11.4 Å². The second-order valence-corrected chi connectivity index (χ2v) is 8.04. The first-order chi connectivity index (χ1) is 14.7. The molecule has 7 heteroatoms. The van der Waals surface area contributed by atoms with Crippen LogP contribution in [-0.4, -0.2) is 72.1 Å². The van der Waals surface area contributed by atoms with E-state index in [1.807, 2.05) is 35.2 Å². The van der Waals surface area contributed by atoms with E-state index in [-0.39, 0.29) is 5.91 Å². The minimum absolute atomic E-state index is 0.208. The number of amides is 1. The molecule has 0 atom stereocenters. The quantitative estimate of drug-likeness (QED) is 0.706. The van der Waals surface area contributed by atoms with Crippen molar-refractivity contribution in [2.45, 2.75) is 13.0 Å². The first-order valence-corrected chi connectivity index (χ1v) is 10.6. The molecule has 2 aliphatic heterocycles. The summed E-state index contributed by atoms with van der Waals surface area (Å²) in [6.07, 6.45) is 0.957. The Balaban J connectivity index is 1.15. The molecule has 0 spiro atoms. The number of aromatic nitrogens is 2. The number of carbonyl (C=O) groups excluding carboxylic acids is 1. The molecule has 0 unspecified atom stereocenters. The van der Waals surface area contributed by atoms with Crippen molar-refractivity contribution in [2.75, 3.05) is 51.3 Å². The van der Waals surface area contributed by atoms with E-state index in [2.05, 4.69) is 26.9 Å². The van der Waals surface area contributed by atoms with Gasteiger partial charge in [-0.05, 0) is 30.2 Å². The first-order valence-electron chi connectivity index (χ1n) is 10.6. The lowest BCUT2D eigenvalue weighted by Gasteiger charge is -2.34. The summed E-state index contributed by atoms with van der Waals surface area (Å²) in [5, 5.41) is 0. The van der Waals surface area contributed by atoms with Gasteiger partial charge < -0.3 is 14.6 Å². The van der Waals surface area contributed by atoms with Crippen molar-refractivity contribution in [3.05, 3.63) is 53.9 Å². The SMILES string of the molecule is COc1ccc2nc(CN3CCN(CC(=O)N4CCc5ccccc54)CC3)[nH]c2c1. The highest BCUT2D eigenvalue weighted by Crippen LogP contribution is 2.27. The number of anilines is 1. The van der Waals surface area contributed by atoms with Gasteiger partial charge in [-0.25, -0.2) is 4.98 Å². The van der Waals surface area contributed by atoms with E-state index < -0.39 is 0 Å². The van der Waals surface area contributed by atoms with Gasteiger partial charge >= 0.3 is 0 Å². The maximum absolute atomic E-state index is 12.8. The van der Waals surface area contributed by atoms with Gasteiger partial charge in [-0.1, -0.05) is 18.2 Å². The lowest BCUT2D eigenvalue weighted by Crippen LogP contribution is -2.49. The van der Waals surface area contributed by atoms with E-state index in [4.69, 9.17) is 9.72 Å². The summed E-state index contributed by atoms with van der Waals surface area (Å²) in [6.45, 7) is 5.75. The third kappa shape index (κ3) is 3.78. The number of carbonyl (C=O) groups is 1. The van der Waals surface area contributed by atoms with E-state index in [9.17, 15) is 4.79 Å². The number of nitrogens with one attached hydrogen (secondary N) is 1. The summed E-state index contributed by atoms with van der Waals surface area (Å²) in [4.78, 5) is 27.5. The minimum atomic E-state index is 0.208. The van der Waals surface area contributed by atoms with Crippen LogP contribution in [0.2, 0.25) is 0 Å². The van der Waals surface area contributed by atoms with Crippen molar-refractivity contribution >= 4 is 22.6 Å². The molecule has 1 N–H and O–H groups in total. The molecule has 2 aromatic carbocycles. The van der Waals surface area contributed by atoms with E-state index in [0.29, 0.717) is 6.54 Å². The van der Waals surface area contributed by atoms with Crippen molar-refractivity contribution in [1.82, 2.24) is 19.8 Å². The van der Waals surface area contributed by atoms with E-state index in [0.717, 1.165) is 74.0 Å². The number of ether oxygens (including phenoxy) is 1. The largest absolute Gasteiger partial charge is 0.497 e. The van der Waals surface area contributed by atoms with Gasteiger partial charge in [-0.2, -0.15) is 0 Å². The summed E-state index contributed by atoms with van der Waals surface area (Å²) in [5.41, 5.74) is 4.32. The van der Waals surface area contributed by atoms with Crippen LogP contribution in [-0.2, 0) is 17.8 Å². The zero-order valence-electron chi connectivity index (χ0n) is 17.3. The van der Waals surface area contributed by atoms with Gasteiger partial charge in [-0.15, -0.1) is 0 Å². The van der Waals surface area contributed by atoms with Crippen molar-refractivity contribution in [3.63, 3.8) is 0 Å². The molecule has 0 radical (unpaired) electrons. The summed E-state index contributed by atoms with van der Waals surface area (Å²) in [7, 11) is 1.67. The van der Waals surface area contributed by atoms with Gasteiger partial charge in [0, 0.05) is 44.5 Å². The number of methoxy groups -OCH3 is 1. The zero-order chi connectivity index (χ0) is 20.5. The normalized spacial score (nSPS) is 17.4. The highest BCUT2D eigenvalue weighted by Gasteiger charge is 2.27. The Morgan fingerprint density at radius 1 is 1.07 bits per heavy atom. The first kappa shape index (κ1) is 19.1. The predicted molar refractivity (Wildman–Crippen MR) is 117 cm³/mol. The van der Waals surface area contributed by atoms with Gasteiger partial charge in [0.1, 0.15) is 11.6 Å². The van der Waals surface area contributed by atoms with Gasteiger partial charge in [0.05, 0.1) is 31.2 Å². The van der Waals surface area contributed by atoms with Gasteiger partial charge in [0.15, 0.2) is 0 Å². The van der Waals surface area contributed by atoms with Crippen LogP contribution in [0.4, 0.5) is 5.69 Å². The number of hydrogen-bond donors (Lipinski definition) is 1. The fourth-order valence-corrected chi connectivity index (χ4v) is 4.43. The fraction of sp³-hybridized carbons (Fsp3) is 0.391. The molecule has 0 bridgehead atoms. The molecule has 30 heavy (non-hydrogen) atoms. The third-order valence-electron chi connectivity index (χ3n) is 6.12. The van der Waals surface area contributed by atoms with Crippen LogP contribution in [0.3, 0.4) is 0 Å². The number of nitrogens with zero attached hydrogens (tertiary/aromatic N) is 4. The molecule has 156 valence electrons. The van der Waals surface area contributed by atoms with Crippen molar-refractivity contribution in [2.24, 2.45) is 0 Å². The molecule has 1 aromatic heterocycles. The molecule has 3 heterocycles. The zero-order valence-corrected chi connectivity index (χ0v) is 17.3. The number of rotatable bonds is 5. The summed E-state index contributed by atoms with van der Waals surface area (Å²) >= 11 is 0. The Morgan fingerprint density at radius 2 is 1.87 bits per heavy atom. The Hall–Kier alpha value is -2.90. The van der Waals surface area contributed by atoms with Crippen LogP contribution in [0.25, 0.3) is 11.0 Å². The number of piperazine rings is 1. The van der Waals surface area contributed by atoms with Crippen molar-refractivity contribution in [1.29, 1.82) is 0 Å². The molecular weight excluding hydrogens is 378 g/mol. The van der Waals surface area contributed by atoms with Gasteiger partial charge in [0.25, 0.3) is 0 Å². The molecule has 0 aliphatic carbocycles. The number of hydrogen-bond acceptors (Lipinski definition) is 5. The monoisotopic (exact) mass is 405 g/mol. The molecule has 0 saturated carbocycles. The fourth-order valence-electron chi connectivity index (χ4n) is 4.43. The Labute approximate surface area is 176 Å². The Kier molecular flexibility index (Phi) is 5.14. The lowest BCUT2D eigenvalue weighted by atomic mass is 10.2. The second kappa shape index (κ2) is 8.08. The van der Waals surface area contributed by atoms with Crippen LogP contribution in [0, 0.1) is 0 Å². The van der Waals surface area contributed by atoms with E-state index in [1.54, 1.807) is 7.11 Å². The van der Waals surface area contributed by atoms with Crippen LogP contribution in [0.5, 0.6) is 5.75 Å². The number of aromatic amines is 1. The molecular formula is C23H27N5O2.